The molecule has 0 radical (unpaired) electrons. The van der Waals surface area contributed by atoms with E-state index in [0.29, 0.717) is 19.3 Å². The number of piperazine rings is 1. The molecule has 1 aliphatic heterocycles. The number of hydrogen-bond donors (Lipinski definition) is 1. The lowest BCUT2D eigenvalue weighted by Gasteiger charge is -2.43. The second-order valence-electron chi connectivity index (χ2n) is 5.19. The Kier molecular flexibility index (Phi) is 5.69. The van der Waals surface area contributed by atoms with Gasteiger partial charge in [-0.2, -0.15) is 0 Å². The molecule has 4 nitrogen and oxygen atoms in total. The number of methoxy groups -OCH3 is 1. The van der Waals surface area contributed by atoms with Gasteiger partial charge in [0.2, 0.25) is 0 Å². The van der Waals surface area contributed by atoms with Gasteiger partial charge < -0.3 is 14.8 Å². The Hall–Kier alpha value is -0.160. The van der Waals surface area contributed by atoms with E-state index in [1.807, 2.05) is 0 Å². The van der Waals surface area contributed by atoms with Gasteiger partial charge in [0.1, 0.15) is 0 Å². The van der Waals surface area contributed by atoms with Crippen molar-refractivity contribution >= 4 is 0 Å². The van der Waals surface area contributed by atoms with Gasteiger partial charge >= 0.3 is 0 Å². The Bertz CT molecular complexity index is 197. The van der Waals surface area contributed by atoms with Gasteiger partial charge in [-0.05, 0) is 20.8 Å². The number of hydrogen-bond acceptors (Lipinski definition) is 4. The first-order chi connectivity index (χ1) is 7.55. The first kappa shape index (κ1) is 13.9. The van der Waals surface area contributed by atoms with Gasteiger partial charge in [-0.1, -0.05) is 0 Å². The average Bonchev–Trinajstić information content (AvgIpc) is 2.23. The van der Waals surface area contributed by atoms with Crippen molar-refractivity contribution < 1.29 is 9.47 Å². The Labute approximate surface area is 99.3 Å². The maximum absolute atomic E-state index is 5.51. The summed E-state index contributed by atoms with van der Waals surface area (Å²) in [4.78, 5) is 2.49. The van der Waals surface area contributed by atoms with Crippen molar-refractivity contribution in [1.82, 2.24) is 10.2 Å². The molecular weight excluding hydrogens is 204 g/mol. The summed E-state index contributed by atoms with van der Waals surface area (Å²) >= 11 is 0. The third-order valence-corrected chi connectivity index (χ3v) is 3.05. The summed E-state index contributed by atoms with van der Waals surface area (Å²) in [7, 11) is 1.70. The van der Waals surface area contributed by atoms with E-state index < -0.39 is 0 Å². The van der Waals surface area contributed by atoms with Crippen LogP contribution < -0.4 is 5.32 Å². The van der Waals surface area contributed by atoms with E-state index in [2.05, 4.69) is 31.0 Å². The van der Waals surface area contributed by atoms with Crippen LogP contribution >= 0.6 is 0 Å². The number of ether oxygens (including phenoxy) is 2. The monoisotopic (exact) mass is 230 g/mol. The molecule has 1 atom stereocenters. The molecule has 16 heavy (non-hydrogen) atoms. The van der Waals surface area contributed by atoms with E-state index in [4.69, 9.17) is 9.47 Å². The SMILES string of the molecule is COCCOCCN1CC(C)(C)NCC1C. The highest BCUT2D eigenvalue weighted by Crippen LogP contribution is 2.14. The molecule has 1 rings (SSSR count). The normalized spacial score (nSPS) is 25.9. The molecule has 1 saturated heterocycles. The largest absolute Gasteiger partial charge is 0.382 e. The van der Waals surface area contributed by atoms with E-state index in [1.54, 1.807) is 7.11 Å². The molecule has 0 aliphatic carbocycles. The summed E-state index contributed by atoms with van der Waals surface area (Å²) in [6.45, 7) is 12.1. The highest BCUT2D eigenvalue weighted by Gasteiger charge is 2.29. The first-order valence-corrected chi connectivity index (χ1v) is 6.11. The second-order valence-corrected chi connectivity index (χ2v) is 5.19. The molecule has 0 spiro atoms. The minimum Gasteiger partial charge on any atom is -0.382 e. The van der Waals surface area contributed by atoms with Gasteiger partial charge in [0.15, 0.2) is 0 Å². The fourth-order valence-corrected chi connectivity index (χ4v) is 2.00. The maximum atomic E-state index is 5.51. The van der Waals surface area contributed by atoms with Gasteiger partial charge in [0.25, 0.3) is 0 Å². The highest BCUT2D eigenvalue weighted by molar-refractivity contribution is 4.90. The van der Waals surface area contributed by atoms with Crippen LogP contribution in [0.5, 0.6) is 0 Å². The molecule has 1 heterocycles. The highest BCUT2D eigenvalue weighted by atomic mass is 16.5. The molecule has 0 aromatic rings. The molecule has 1 unspecified atom stereocenters. The van der Waals surface area contributed by atoms with Crippen LogP contribution in [0.4, 0.5) is 0 Å². The third kappa shape index (κ3) is 4.78. The molecule has 0 aromatic carbocycles. The molecule has 0 amide bonds. The van der Waals surface area contributed by atoms with Crippen LogP contribution in [0.15, 0.2) is 0 Å². The summed E-state index contributed by atoms with van der Waals surface area (Å²) in [5.74, 6) is 0. The van der Waals surface area contributed by atoms with Crippen molar-refractivity contribution in [1.29, 1.82) is 0 Å². The summed E-state index contributed by atoms with van der Waals surface area (Å²) in [6.07, 6.45) is 0. The zero-order valence-electron chi connectivity index (χ0n) is 11.1. The Morgan fingerprint density at radius 2 is 2.06 bits per heavy atom. The Balaban J connectivity index is 2.18. The Morgan fingerprint density at radius 1 is 1.31 bits per heavy atom. The predicted molar refractivity (Wildman–Crippen MR) is 65.8 cm³/mol. The maximum Gasteiger partial charge on any atom is 0.0700 e. The van der Waals surface area contributed by atoms with Gasteiger partial charge in [-0.15, -0.1) is 0 Å². The molecule has 1 fully saturated rings. The van der Waals surface area contributed by atoms with Crippen molar-refractivity contribution in [2.24, 2.45) is 0 Å². The minimum absolute atomic E-state index is 0.221. The lowest BCUT2D eigenvalue weighted by atomic mass is 9.99. The third-order valence-electron chi connectivity index (χ3n) is 3.05. The van der Waals surface area contributed by atoms with Crippen molar-refractivity contribution in [2.75, 3.05) is 46.6 Å². The quantitative estimate of drug-likeness (QED) is 0.682. The minimum atomic E-state index is 0.221. The van der Waals surface area contributed by atoms with Crippen molar-refractivity contribution in [3.05, 3.63) is 0 Å². The van der Waals surface area contributed by atoms with Gasteiger partial charge in [0.05, 0.1) is 19.8 Å². The van der Waals surface area contributed by atoms with E-state index in [1.165, 1.54) is 0 Å². The zero-order chi connectivity index (χ0) is 12.0. The summed E-state index contributed by atoms with van der Waals surface area (Å²) < 4.78 is 10.4. The zero-order valence-corrected chi connectivity index (χ0v) is 11.1. The lowest BCUT2D eigenvalue weighted by Crippen LogP contribution is -2.61. The van der Waals surface area contributed by atoms with Crippen LogP contribution in [0.3, 0.4) is 0 Å². The summed E-state index contributed by atoms with van der Waals surface area (Å²) in [5.41, 5.74) is 0.221. The van der Waals surface area contributed by atoms with Crippen LogP contribution in [-0.2, 0) is 9.47 Å². The van der Waals surface area contributed by atoms with Crippen LogP contribution in [-0.4, -0.2) is 63.0 Å². The molecular formula is C12H26N2O2. The molecule has 4 heteroatoms. The molecule has 0 aromatic heterocycles. The second kappa shape index (κ2) is 6.55. The van der Waals surface area contributed by atoms with Gasteiger partial charge in [-0.25, -0.2) is 0 Å². The number of nitrogens with zero attached hydrogens (tertiary/aromatic N) is 1. The van der Waals surface area contributed by atoms with E-state index >= 15 is 0 Å². The standard InChI is InChI=1S/C12H26N2O2/c1-11-9-13-12(2,3)10-14(11)5-6-16-8-7-15-4/h11,13H,5-10H2,1-4H3. The van der Waals surface area contributed by atoms with Gasteiger partial charge in [0, 0.05) is 38.3 Å². The molecule has 0 saturated carbocycles. The predicted octanol–water partition coefficient (Wildman–Crippen LogP) is 0.722. The van der Waals surface area contributed by atoms with Gasteiger partial charge in [-0.3, -0.25) is 4.90 Å². The fraction of sp³-hybridized carbons (Fsp3) is 1.00. The fourth-order valence-electron chi connectivity index (χ4n) is 2.00. The van der Waals surface area contributed by atoms with Crippen molar-refractivity contribution in [2.45, 2.75) is 32.4 Å². The Morgan fingerprint density at radius 3 is 2.75 bits per heavy atom. The van der Waals surface area contributed by atoms with E-state index in [0.717, 1.165) is 26.2 Å². The lowest BCUT2D eigenvalue weighted by molar-refractivity contribution is 0.0338. The molecule has 1 N–H and O–H groups in total. The van der Waals surface area contributed by atoms with Crippen LogP contribution in [0.25, 0.3) is 0 Å². The van der Waals surface area contributed by atoms with Crippen molar-refractivity contribution in [3.63, 3.8) is 0 Å². The summed E-state index contributed by atoms with van der Waals surface area (Å²) in [6, 6.07) is 0.596. The van der Waals surface area contributed by atoms with E-state index in [-0.39, 0.29) is 5.54 Å². The molecule has 96 valence electrons. The average molecular weight is 230 g/mol. The molecule has 0 bridgehead atoms. The number of rotatable bonds is 6. The smallest absolute Gasteiger partial charge is 0.0700 e. The summed E-state index contributed by atoms with van der Waals surface area (Å²) in [5, 5.41) is 3.55. The van der Waals surface area contributed by atoms with Crippen LogP contribution in [0.1, 0.15) is 20.8 Å². The van der Waals surface area contributed by atoms with Crippen molar-refractivity contribution in [3.8, 4) is 0 Å². The van der Waals surface area contributed by atoms with E-state index in [9.17, 15) is 0 Å². The molecule has 1 aliphatic rings. The topological polar surface area (TPSA) is 33.7 Å². The first-order valence-electron chi connectivity index (χ1n) is 6.11. The number of nitrogens with one attached hydrogen (secondary N) is 1. The van der Waals surface area contributed by atoms with Crippen LogP contribution in [0.2, 0.25) is 0 Å². The van der Waals surface area contributed by atoms with Crippen LogP contribution in [0, 0.1) is 0 Å².